The average Bonchev–Trinajstić information content (AvgIpc) is 2.88. The van der Waals surface area contributed by atoms with Gasteiger partial charge in [0.1, 0.15) is 0 Å². The first-order valence-electron chi connectivity index (χ1n) is 6.08. The van der Waals surface area contributed by atoms with E-state index in [2.05, 4.69) is 31.0 Å². The Hall–Kier alpha value is -1.73. The van der Waals surface area contributed by atoms with E-state index < -0.39 is 0 Å². The number of halogens is 1. The highest BCUT2D eigenvalue weighted by Gasteiger charge is 2.13. The number of aryl methyl sites for hydroxylation is 1. The molecule has 1 aromatic carbocycles. The van der Waals surface area contributed by atoms with Crippen molar-refractivity contribution in [1.29, 1.82) is 0 Å². The van der Waals surface area contributed by atoms with Gasteiger partial charge in [0.2, 0.25) is 0 Å². The van der Waals surface area contributed by atoms with Gasteiger partial charge in [-0.2, -0.15) is 0 Å². The Balaban J connectivity index is 2.09. The molecule has 0 unspecified atom stereocenters. The van der Waals surface area contributed by atoms with E-state index in [1.807, 2.05) is 19.1 Å². The molecule has 0 spiro atoms. The van der Waals surface area contributed by atoms with Crippen molar-refractivity contribution in [2.45, 2.75) is 13.3 Å². The highest BCUT2D eigenvalue weighted by molar-refractivity contribution is 9.10. The molecule has 21 heavy (non-hydrogen) atoms. The predicted octanol–water partition coefficient (Wildman–Crippen LogP) is 3.18. The van der Waals surface area contributed by atoms with Crippen molar-refractivity contribution in [3.05, 3.63) is 44.9 Å². The number of rotatable bonds is 4. The van der Waals surface area contributed by atoms with Crippen LogP contribution in [-0.4, -0.2) is 24.0 Å². The molecule has 2 rings (SSSR count). The lowest BCUT2D eigenvalue weighted by molar-refractivity contribution is -0.139. The molecule has 0 saturated carbocycles. The first-order valence-corrected chi connectivity index (χ1v) is 7.75. The van der Waals surface area contributed by atoms with E-state index in [-0.39, 0.29) is 18.3 Å². The molecule has 2 aromatic rings. The van der Waals surface area contributed by atoms with Crippen molar-refractivity contribution in [1.82, 2.24) is 4.98 Å². The number of esters is 1. The van der Waals surface area contributed by atoms with Gasteiger partial charge < -0.3 is 4.74 Å². The van der Waals surface area contributed by atoms with Crippen LogP contribution >= 0.6 is 27.3 Å². The molecule has 1 heterocycles. The molecule has 0 aliphatic rings. The number of carbonyl (C=O) groups is 2. The van der Waals surface area contributed by atoms with Crippen LogP contribution in [0.5, 0.6) is 0 Å². The van der Waals surface area contributed by atoms with E-state index in [4.69, 9.17) is 0 Å². The van der Waals surface area contributed by atoms with E-state index in [0.29, 0.717) is 16.4 Å². The maximum Gasteiger partial charge on any atom is 0.311 e. The Kier molecular flexibility index (Phi) is 5.08. The molecular weight excluding hydrogens is 356 g/mol. The number of amides is 1. The Labute approximate surface area is 134 Å². The molecule has 0 fully saturated rings. The summed E-state index contributed by atoms with van der Waals surface area (Å²) in [6.45, 7) is 1.92. The molecule has 0 aliphatic heterocycles. The quantitative estimate of drug-likeness (QED) is 0.841. The van der Waals surface area contributed by atoms with E-state index in [9.17, 15) is 9.59 Å². The first kappa shape index (κ1) is 15.7. The molecule has 1 N–H and O–H groups in total. The smallest absolute Gasteiger partial charge is 0.311 e. The van der Waals surface area contributed by atoms with Gasteiger partial charge >= 0.3 is 5.97 Å². The molecule has 1 amide bonds. The summed E-state index contributed by atoms with van der Waals surface area (Å²) in [7, 11) is 1.33. The molecule has 7 heteroatoms. The van der Waals surface area contributed by atoms with Crippen molar-refractivity contribution in [3.63, 3.8) is 0 Å². The van der Waals surface area contributed by atoms with Gasteiger partial charge in [0.25, 0.3) is 5.91 Å². The van der Waals surface area contributed by atoms with Gasteiger partial charge in [-0.05, 0) is 35.0 Å². The fourth-order valence-corrected chi connectivity index (χ4v) is 2.78. The number of hydrogen-bond donors (Lipinski definition) is 1. The molecule has 0 atom stereocenters. The van der Waals surface area contributed by atoms with Gasteiger partial charge in [-0.25, -0.2) is 4.98 Å². The number of aromatic nitrogens is 1. The van der Waals surface area contributed by atoms with Crippen LogP contribution in [0.15, 0.2) is 28.1 Å². The second-order valence-electron chi connectivity index (χ2n) is 4.33. The van der Waals surface area contributed by atoms with Crippen molar-refractivity contribution < 1.29 is 14.3 Å². The summed E-state index contributed by atoms with van der Waals surface area (Å²) in [6.07, 6.45) is 0.0943. The minimum absolute atomic E-state index is 0.0943. The van der Waals surface area contributed by atoms with Crippen molar-refractivity contribution in [2.75, 3.05) is 12.4 Å². The summed E-state index contributed by atoms with van der Waals surface area (Å²) in [5.74, 6) is -0.607. The molecule has 5 nitrogen and oxygen atoms in total. The molecule has 0 bridgehead atoms. The van der Waals surface area contributed by atoms with Crippen LogP contribution in [0.4, 0.5) is 5.13 Å². The van der Waals surface area contributed by atoms with Gasteiger partial charge in [-0.1, -0.05) is 11.6 Å². The third kappa shape index (κ3) is 4.12. The number of ether oxygens (including phenoxy) is 1. The number of carbonyl (C=O) groups excluding carboxylic acids is 2. The lowest BCUT2D eigenvalue weighted by Crippen LogP contribution is -2.13. The minimum Gasteiger partial charge on any atom is -0.469 e. The number of methoxy groups -OCH3 is 1. The summed E-state index contributed by atoms with van der Waals surface area (Å²) in [6, 6.07) is 5.54. The van der Waals surface area contributed by atoms with Crippen LogP contribution in [0.1, 0.15) is 21.6 Å². The standard InChI is InChI=1S/C14H13BrN2O3S/c1-8-3-4-11(15)10(5-8)13(19)17-14-16-9(7-21-14)6-12(18)20-2/h3-5,7H,6H2,1-2H3,(H,16,17,19). The normalized spacial score (nSPS) is 10.2. The maximum atomic E-state index is 12.2. The SMILES string of the molecule is COC(=O)Cc1csc(NC(=O)c2cc(C)ccc2Br)n1. The Bertz CT molecular complexity index is 685. The molecule has 0 radical (unpaired) electrons. The Morgan fingerprint density at radius 1 is 1.43 bits per heavy atom. The molecule has 0 aliphatic carbocycles. The van der Waals surface area contributed by atoms with Crippen LogP contribution in [0.2, 0.25) is 0 Å². The van der Waals surface area contributed by atoms with Gasteiger partial charge in [0.15, 0.2) is 5.13 Å². The number of benzene rings is 1. The average molecular weight is 369 g/mol. The van der Waals surface area contributed by atoms with E-state index in [0.717, 1.165) is 10.0 Å². The van der Waals surface area contributed by atoms with Crippen molar-refractivity contribution in [2.24, 2.45) is 0 Å². The summed E-state index contributed by atoms with van der Waals surface area (Å²) < 4.78 is 5.29. The number of hydrogen-bond acceptors (Lipinski definition) is 5. The van der Waals surface area contributed by atoms with E-state index in [1.165, 1.54) is 18.4 Å². The fourth-order valence-electron chi connectivity index (χ4n) is 1.64. The van der Waals surface area contributed by atoms with Crippen LogP contribution in [0, 0.1) is 6.92 Å². The Morgan fingerprint density at radius 3 is 2.90 bits per heavy atom. The van der Waals surface area contributed by atoms with Gasteiger partial charge in [-0.3, -0.25) is 14.9 Å². The number of nitrogens with zero attached hydrogens (tertiary/aromatic N) is 1. The Morgan fingerprint density at radius 2 is 2.19 bits per heavy atom. The monoisotopic (exact) mass is 368 g/mol. The third-order valence-corrected chi connectivity index (χ3v) is 4.19. The number of thiazole rings is 1. The second-order valence-corrected chi connectivity index (χ2v) is 6.05. The van der Waals surface area contributed by atoms with Gasteiger partial charge in [0.05, 0.1) is 24.8 Å². The van der Waals surface area contributed by atoms with Crippen LogP contribution < -0.4 is 5.32 Å². The van der Waals surface area contributed by atoms with Crippen molar-refractivity contribution in [3.8, 4) is 0 Å². The van der Waals surface area contributed by atoms with Crippen molar-refractivity contribution >= 4 is 44.3 Å². The van der Waals surface area contributed by atoms with Gasteiger partial charge in [-0.15, -0.1) is 11.3 Å². The molecule has 0 saturated heterocycles. The largest absolute Gasteiger partial charge is 0.469 e. The van der Waals surface area contributed by atoms with E-state index >= 15 is 0 Å². The topological polar surface area (TPSA) is 68.3 Å². The fraction of sp³-hybridized carbons (Fsp3) is 0.214. The second kappa shape index (κ2) is 6.82. The maximum absolute atomic E-state index is 12.2. The summed E-state index contributed by atoms with van der Waals surface area (Å²) in [4.78, 5) is 27.6. The van der Waals surface area contributed by atoms with Crippen LogP contribution in [0.25, 0.3) is 0 Å². The predicted molar refractivity (Wildman–Crippen MR) is 84.7 cm³/mol. The highest BCUT2D eigenvalue weighted by atomic mass is 79.9. The zero-order valence-corrected chi connectivity index (χ0v) is 13.9. The van der Waals surface area contributed by atoms with E-state index in [1.54, 1.807) is 11.4 Å². The summed E-state index contributed by atoms with van der Waals surface area (Å²) >= 11 is 4.62. The number of nitrogens with one attached hydrogen (secondary N) is 1. The van der Waals surface area contributed by atoms with Gasteiger partial charge in [0, 0.05) is 9.85 Å². The molecule has 110 valence electrons. The van der Waals surface area contributed by atoms with Crippen LogP contribution in [0.3, 0.4) is 0 Å². The highest BCUT2D eigenvalue weighted by Crippen LogP contribution is 2.21. The lowest BCUT2D eigenvalue weighted by atomic mass is 10.1. The summed E-state index contributed by atoms with van der Waals surface area (Å²) in [5, 5.41) is 4.90. The lowest BCUT2D eigenvalue weighted by Gasteiger charge is -2.05. The zero-order chi connectivity index (χ0) is 15.4. The minimum atomic E-state index is -0.361. The molecular formula is C14H13BrN2O3S. The first-order chi connectivity index (χ1) is 9.99. The third-order valence-electron chi connectivity index (χ3n) is 2.69. The van der Waals surface area contributed by atoms with Crippen LogP contribution in [-0.2, 0) is 16.0 Å². The zero-order valence-electron chi connectivity index (χ0n) is 11.5. The summed E-state index contributed by atoms with van der Waals surface area (Å²) in [5.41, 5.74) is 2.11. The molecule has 1 aromatic heterocycles. The number of anilines is 1.